The molecule has 4 heteroatoms. The second-order valence-electron chi connectivity index (χ2n) is 5.20. The molecule has 0 atom stereocenters. The van der Waals surface area contributed by atoms with Crippen LogP contribution in [0, 0.1) is 5.41 Å². The molecule has 0 saturated heterocycles. The van der Waals surface area contributed by atoms with E-state index in [1.54, 1.807) is 11.3 Å². The number of nitrogens with two attached hydrogens (primary N) is 1. The minimum absolute atomic E-state index is 0.243. The topological polar surface area (TPSA) is 43.1 Å². The van der Waals surface area contributed by atoms with Crippen LogP contribution >= 0.6 is 27.3 Å². The molecule has 100 valence electrons. The molecule has 18 heavy (non-hydrogen) atoms. The third-order valence-corrected chi connectivity index (χ3v) is 5.63. The maximum Gasteiger partial charge on any atom is 0.145 e. The van der Waals surface area contributed by atoms with E-state index in [2.05, 4.69) is 15.9 Å². The quantitative estimate of drug-likeness (QED) is 0.850. The van der Waals surface area contributed by atoms with Crippen molar-refractivity contribution in [3.05, 3.63) is 20.8 Å². The summed E-state index contributed by atoms with van der Waals surface area (Å²) in [6.45, 7) is 0.512. The van der Waals surface area contributed by atoms with Crippen molar-refractivity contribution < 1.29 is 4.79 Å². The summed E-state index contributed by atoms with van der Waals surface area (Å²) in [5.74, 6) is 0.348. The summed E-state index contributed by atoms with van der Waals surface area (Å²) in [6.07, 6.45) is 7.31. The van der Waals surface area contributed by atoms with Crippen molar-refractivity contribution in [3.8, 4) is 0 Å². The molecule has 1 aliphatic carbocycles. The minimum Gasteiger partial charge on any atom is -0.329 e. The van der Waals surface area contributed by atoms with Gasteiger partial charge in [0.1, 0.15) is 5.78 Å². The van der Waals surface area contributed by atoms with Crippen molar-refractivity contribution >= 4 is 33.0 Å². The van der Waals surface area contributed by atoms with Crippen LogP contribution in [0.5, 0.6) is 0 Å². The Labute approximate surface area is 121 Å². The molecule has 0 aromatic carbocycles. The average Bonchev–Trinajstić information content (AvgIpc) is 2.65. The van der Waals surface area contributed by atoms with Gasteiger partial charge in [-0.3, -0.25) is 4.79 Å². The molecule has 0 unspecified atom stereocenters. The van der Waals surface area contributed by atoms with E-state index in [-0.39, 0.29) is 5.41 Å². The van der Waals surface area contributed by atoms with Gasteiger partial charge in [0.05, 0.1) is 3.79 Å². The van der Waals surface area contributed by atoms with Gasteiger partial charge in [0.15, 0.2) is 0 Å². The van der Waals surface area contributed by atoms with E-state index < -0.39 is 0 Å². The Hall–Kier alpha value is -0.190. The fraction of sp³-hybridized carbons (Fsp3) is 0.643. The fourth-order valence-electron chi connectivity index (χ4n) is 2.79. The SMILES string of the molecule is NCC1(C(=O)Cc2ccc(Br)s2)CCCCCC1. The fourth-order valence-corrected chi connectivity index (χ4v) is 4.28. The van der Waals surface area contributed by atoms with E-state index in [4.69, 9.17) is 5.73 Å². The van der Waals surface area contributed by atoms with Crippen molar-refractivity contribution in [2.45, 2.75) is 44.9 Å². The van der Waals surface area contributed by atoms with E-state index in [0.29, 0.717) is 18.7 Å². The van der Waals surface area contributed by atoms with E-state index in [0.717, 1.165) is 34.3 Å². The van der Waals surface area contributed by atoms with Crippen LogP contribution in [0.1, 0.15) is 43.4 Å². The maximum atomic E-state index is 12.6. The van der Waals surface area contributed by atoms with Gasteiger partial charge in [-0.05, 0) is 40.9 Å². The molecule has 2 rings (SSSR count). The van der Waals surface area contributed by atoms with Gasteiger partial charge in [0.2, 0.25) is 0 Å². The van der Waals surface area contributed by atoms with Crippen LogP contribution in [-0.4, -0.2) is 12.3 Å². The van der Waals surface area contributed by atoms with Gasteiger partial charge >= 0.3 is 0 Å². The Morgan fingerprint density at radius 2 is 1.94 bits per heavy atom. The van der Waals surface area contributed by atoms with Crippen LogP contribution in [0.3, 0.4) is 0 Å². The number of hydrogen-bond donors (Lipinski definition) is 1. The van der Waals surface area contributed by atoms with Crippen LogP contribution in [0.15, 0.2) is 15.9 Å². The Bertz CT molecular complexity index is 408. The summed E-state index contributed by atoms with van der Waals surface area (Å²) in [5, 5.41) is 0. The van der Waals surface area contributed by atoms with Crippen LogP contribution in [0.2, 0.25) is 0 Å². The molecule has 0 aliphatic heterocycles. The molecule has 0 spiro atoms. The molecular weight excluding hydrogens is 310 g/mol. The van der Waals surface area contributed by atoms with Crippen LogP contribution < -0.4 is 5.73 Å². The van der Waals surface area contributed by atoms with Gasteiger partial charge in [-0.2, -0.15) is 0 Å². The highest BCUT2D eigenvalue weighted by Gasteiger charge is 2.36. The molecule has 2 nitrogen and oxygen atoms in total. The summed E-state index contributed by atoms with van der Waals surface area (Å²) in [6, 6.07) is 4.04. The number of halogens is 1. The first-order valence-corrected chi connectivity index (χ1v) is 8.25. The highest BCUT2D eigenvalue weighted by atomic mass is 79.9. The third kappa shape index (κ3) is 3.22. The number of hydrogen-bond acceptors (Lipinski definition) is 3. The molecule has 0 amide bonds. The standard InChI is InChI=1S/C14H20BrNOS/c15-13-6-5-11(18-13)9-12(17)14(10-16)7-3-1-2-4-8-14/h5-6H,1-4,7-10,16H2. The zero-order valence-corrected chi connectivity index (χ0v) is 13.0. The first kappa shape index (κ1) is 14.2. The van der Waals surface area contributed by atoms with Gasteiger partial charge in [-0.15, -0.1) is 11.3 Å². The number of rotatable bonds is 4. The predicted octanol–water partition coefficient (Wildman–Crippen LogP) is 3.92. The highest BCUT2D eigenvalue weighted by molar-refractivity contribution is 9.11. The monoisotopic (exact) mass is 329 g/mol. The zero-order chi connectivity index (χ0) is 13.0. The second-order valence-corrected chi connectivity index (χ2v) is 7.75. The lowest BCUT2D eigenvalue weighted by Crippen LogP contribution is -2.39. The molecule has 1 heterocycles. The molecular formula is C14H20BrNOS. The number of Topliss-reactive ketones (excluding diaryl/α,β-unsaturated/α-hetero) is 1. The number of thiophene rings is 1. The first-order valence-electron chi connectivity index (χ1n) is 6.64. The van der Waals surface area contributed by atoms with Gasteiger partial charge in [0.25, 0.3) is 0 Å². The molecule has 2 N–H and O–H groups in total. The van der Waals surface area contributed by atoms with E-state index in [1.807, 2.05) is 12.1 Å². The lowest BCUT2D eigenvalue weighted by molar-refractivity contribution is -0.128. The summed E-state index contributed by atoms with van der Waals surface area (Å²) in [7, 11) is 0. The Balaban J connectivity index is 2.08. The lowest BCUT2D eigenvalue weighted by Gasteiger charge is -2.29. The molecule has 1 aromatic rings. The molecule has 0 bridgehead atoms. The summed E-state index contributed by atoms with van der Waals surface area (Å²) < 4.78 is 1.09. The zero-order valence-electron chi connectivity index (χ0n) is 10.6. The molecule has 1 fully saturated rings. The Morgan fingerprint density at radius 1 is 1.28 bits per heavy atom. The molecule has 0 radical (unpaired) electrons. The predicted molar refractivity (Wildman–Crippen MR) is 79.9 cm³/mol. The number of ketones is 1. The van der Waals surface area contributed by atoms with E-state index in [1.165, 1.54) is 12.8 Å². The highest BCUT2D eigenvalue weighted by Crippen LogP contribution is 2.36. The largest absolute Gasteiger partial charge is 0.329 e. The van der Waals surface area contributed by atoms with E-state index in [9.17, 15) is 4.79 Å². The van der Waals surface area contributed by atoms with Crippen LogP contribution in [-0.2, 0) is 11.2 Å². The van der Waals surface area contributed by atoms with Crippen molar-refractivity contribution in [2.75, 3.05) is 6.54 Å². The summed E-state index contributed by atoms with van der Waals surface area (Å²) >= 11 is 5.09. The summed E-state index contributed by atoms with van der Waals surface area (Å²) in [5.41, 5.74) is 5.70. The van der Waals surface area contributed by atoms with Gasteiger partial charge in [0, 0.05) is 23.3 Å². The Kier molecular flexibility index (Phi) is 4.98. The van der Waals surface area contributed by atoms with Crippen molar-refractivity contribution in [1.82, 2.24) is 0 Å². The normalized spacial score (nSPS) is 19.4. The first-order chi connectivity index (χ1) is 8.66. The molecule has 1 aliphatic rings. The molecule has 1 saturated carbocycles. The smallest absolute Gasteiger partial charge is 0.145 e. The third-order valence-electron chi connectivity index (χ3n) is 4.01. The van der Waals surface area contributed by atoms with Crippen molar-refractivity contribution in [3.63, 3.8) is 0 Å². The summed E-state index contributed by atoms with van der Waals surface area (Å²) in [4.78, 5) is 13.7. The maximum absolute atomic E-state index is 12.6. The number of carbonyl (C=O) groups is 1. The minimum atomic E-state index is -0.243. The van der Waals surface area contributed by atoms with Crippen molar-refractivity contribution in [2.24, 2.45) is 11.1 Å². The lowest BCUT2D eigenvalue weighted by atomic mass is 9.75. The van der Waals surface area contributed by atoms with Crippen LogP contribution in [0.25, 0.3) is 0 Å². The van der Waals surface area contributed by atoms with Gasteiger partial charge < -0.3 is 5.73 Å². The van der Waals surface area contributed by atoms with Gasteiger partial charge in [-0.25, -0.2) is 0 Å². The average molecular weight is 330 g/mol. The second kappa shape index (κ2) is 6.31. The number of carbonyl (C=O) groups excluding carboxylic acids is 1. The van der Waals surface area contributed by atoms with Crippen molar-refractivity contribution in [1.29, 1.82) is 0 Å². The Morgan fingerprint density at radius 3 is 2.44 bits per heavy atom. The van der Waals surface area contributed by atoms with Crippen LogP contribution in [0.4, 0.5) is 0 Å². The molecule has 1 aromatic heterocycles. The van der Waals surface area contributed by atoms with Gasteiger partial charge in [-0.1, -0.05) is 25.7 Å². The van der Waals surface area contributed by atoms with E-state index >= 15 is 0 Å².